The Balaban J connectivity index is 2.03. The molecule has 0 radical (unpaired) electrons. The maximum absolute atomic E-state index is 12.4. The molecule has 4 nitrogen and oxygen atoms in total. The number of likely N-dealkylation sites (N-methyl/N-ethyl adjacent to an activating group) is 1. The topological polar surface area (TPSA) is 49.8 Å². The number of phenols is 1. The van der Waals surface area contributed by atoms with E-state index >= 15 is 0 Å². The number of nitrogens with zero attached hydrogens (tertiary/aromatic N) is 1. The van der Waals surface area contributed by atoms with Crippen molar-refractivity contribution in [3.05, 3.63) is 35.9 Å². The number of phenolic OH excluding ortho intramolecular Hbond substituents is 1. The van der Waals surface area contributed by atoms with Crippen LogP contribution in [0.2, 0.25) is 0 Å². The molecular weight excluding hydrogens is 422 g/mol. The second-order valence-electron chi connectivity index (χ2n) is 9.55. The van der Waals surface area contributed by atoms with E-state index in [4.69, 9.17) is 4.74 Å². The van der Waals surface area contributed by atoms with Gasteiger partial charge in [-0.25, -0.2) is 0 Å². The van der Waals surface area contributed by atoms with Crippen LogP contribution in [0.5, 0.6) is 11.5 Å². The van der Waals surface area contributed by atoms with Gasteiger partial charge in [0.1, 0.15) is 0 Å². The minimum atomic E-state index is 0.173. The minimum absolute atomic E-state index is 0.173. The van der Waals surface area contributed by atoms with Gasteiger partial charge in [0.25, 0.3) is 0 Å². The maximum Gasteiger partial charge on any atom is 0.222 e. The quantitative estimate of drug-likeness (QED) is 0.144. The van der Waals surface area contributed by atoms with Gasteiger partial charge in [-0.15, -0.1) is 0 Å². The van der Waals surface area contributed by atoms with Crippen LogP contribution in [0.25, 0.3) is 0 Å². The lowest BCUT2D eigenvalue weighted by molar-refractivity contribution is -0.130. The lowest BCUT2D eigenvalue weighted by Gasteiger charge is -2.17. The third kappa shape index (κ3) is 15.0. The number of ether oxygens (including phenoxy) is 1. The van der Waals surface area contributed by atoms with Gasteiger partial charge < -0.3 is 14.7 Å². The number of rotatable bonds is 21. The molecule has 1 rings (SSSR count). The molecule has 0 saturated carbocycles. The van der Waals surface area contributed by atoms with Gasteiger partial charge in [-0.3, -0.25) is 4.79 Å². The minimum Gasteiger partial charge on any atom is -0.504 e. The molecule has 0 aromatic heterocycles. The van der Waals surface area contributed by atoms with Gasteiger partial charge in [-0.1, -0.05) is 83.4 Å². The molecule has 0 heterocycles. The molecule has 4 heteroatoms. The molecule has 194 valence electrons. The number of carbonyl (C=O) groups excluding carboxylic acids is 1. The summed E-state index contributed by atoms with van der Waals surface area (Å²) in [5, 5.41) is 10.1. The van der Waals surface area contributed by atoms with Gasteiger partial charge in [0.05, 0.1) is 6.61 Å². The fraction of sp³-hybridized carbons (Fsp3) is 0.700. The standard InChI is InChI=1S/C30H51NO3/c1-4-6-7-8-9-10-11-12-13-14-15-16-17-18-19-20-30(33)31(3)24-23-27-21-22-29(28(32)26-27)34-25-5-2/h14-15,21-22,26,32H,4-13,16-20,23-25H2,1-3H3/b15-14-. The van der Waals surface area contributed by atoms with Crippen LogP contribution in [-0.4, -0.2) is 36.1 Å². The second kappa shape index (κ2) is 20.4. The SMILES string of the molecule is CCCCCCCCCC/C=C\CCCCCC(=O)N(C)CCc1ccc(OCCC)c(O)c1. The van der Waals surface area contributed by atoms with Crippen LogP contribution in [0.3, 0.4) is 0 Å². The molecule has 0 aliphatic rings. The van der Waals surface area contributed by atoms with Gasteiger partial charge in [0.15, 0.2) is 11.5 Å². The first kappa shape index (κ1) is 30.1. The Hall–Kier alpha value is -1.97. The van der Waals surface area contributed by atoms with Crippen molar-refractivity contribution >= 4 is 5.91 Å². The summed E-state index contributed by atoms with van der Waals surface area (Å²) in [7, 11) is 1.87. The van der Waals surface area contributed by atoms with Crippen LogP contribution in [0, 0.1) is 0 Å². The van der Waals surface area contributed by atoms with Gasteiger partial charge in [0.2, 0.25) is 5.91 Å². The van der Waals surface area contributed by atoms with Crippen molar-refractivity contribution in [2.45, 2.75) is 117 Å². The third-order valence-electron chi connectivity index (χ3n) is 6.30. The largest absolute Gasteiger partial charge is 0.504 e. The molecule has 0 bridgehead atoms. The van der Waals surface area contributed by atoms with E-state index in [0.717, 1.165) is 44.1 Å². The highest BCUT2D eigenvalue weighted by Crippen LogP contribution is 2.27. The van der Waals surface area contributed by atoms with Gasteiger partial charge in [-0.2, -0.15) is 0 Å². The zero-order valence-electron chi connectivity index (χ0n) is 22.3. The number of amides is 1. The average Bonchev–Trinajstić information content (AvgIpc) is 2.84. The molecule has 0 aliphatic carbocycles. The highest BCUT2D eigenvalue weighted by atomic mass is 16.5. The Kier molecular flexibility index (Phi) is 18.0. The number of allylic oxidation sites excluding steroid dienone is 2. The van der Waals surface area contributed by atoms with Crippen molar-refractivity contribution < 1.29 is 14.6 Å². The molecule has 0 fully saturated rings. The smallest absolute Gasteiger partial charge is 0.222 e. The number of aromatic hydroxyl groups is 1. The summed E-state index contributed by atoms with van der Waals surface area (Å²) in [6.07, 6.45) is 23.5. The van der Waals surface area contributed by atoms with E-state index < -0.39 is 0 Å². The third-order valence-corrected chi connectivity index (χ3v) is 6.30. The van der Waals surface area contributed by atoms with E-state index in [0.29, 0.717) is 25.3 Å². The lowest BCUT2D eigenvalue weighted by atomic mass is 10.1. The van der Waals surface area contributed by atoms with Gasteiger partial charge in [-0.05, 0) is 62.6 Å². The molecule has 0 aliphatic heterocycles. The van der Waals surface area contributed by atoms with Crippen LogP contribution in [-0.2, 0) is 11.2 Å². The van der Waals surface area contributed by atoms with E-state index in [-0.39, 0.29) is 11.7 Å². The molecule has 34 heavy (non-hydrogen) atoms. The molecule has 0 unspecified atom stereocenters. The fourth-order valence-corrected chi connectivity index (χ4v) is 4.01. The van der Waals surface area contributed by atoms with Crippen LogP contribution in [0.15, 0.2) is 30.4 Å². The number of hydrogen-bond donors (Lipinski definition) is 1. The monoisotopic (exact) mass is 473 g/mol. The van der Waals surface area contributed by atoms with E-state index in [2.05, 4.69) is 19.1 Å². The van der Waals surface area contributed by atoms with Crippen molar-refractivity contribution in [3.63, 3.8) is 0 Å². The number of hydrogen-bond acceptors (Lipinski definition) is 3. The maximum atomic E-state index is 12.4. The van der Waals surface area contributed by atoms with Crippen molar-refractivity contribution in [1.82, 2.24) is 4.90 Å². The molecule has 1 aromatic rings. The Morgan fingerprint density at radius 2 is 1.50 bits per heavy atom. The summed E-state index contributed by atoms with van der Waals surface area (Å²) in [6.45, 7) is 5.57. The molecule has 0 saturated heterocycles. The van der Waals surface area contributed by atoms with Crippen molar-refractivity contribution in [3.8, 4) is 11.5 Å². The van der Waals surface area contributed by atoms with Gasteiger partial charge >= 0.3 is 0 Å². The fourth-order valence-electron chi connectivity index (χ4n) is 4.01. The predicted molar refractivity (Wildman–Crippen MR) is 145 cm³/mol. The Labute approximate surface area is 209 Å². The second-order valence-corrected chi connectivity index (χ2v) is 9.55. The van der Waals surface area contributed by atoms with Crippen molar-refractivity contribution in [2.75, 3.05) is 20.2 Å². The first-order valence-electron chi connectivity index (χ1n) is 13.9. The summed E-state index contributed by atoms with van der Waals surface area (Å²) in [5.41, 5.74) is 1.01. The van der Waals surface area contributed by atoms with E-state index in [1.165, 1.54) is 57.8 Å². The molecule has 1 amide bonds. The Bertz CT molecular complexity index is 671. The Morgan fingerprint density at radius 1 is 0.882 bits per heavy atom. The summed E-state index contributed by atoms with van der Waals surface area (Å²) >= 11 is 0. The van der Waals surface area contributed by atoms with E-state index in [1.807, 2.05) is 31.0 Å². The Morgan fingerprint density at radius 3 is 2.12 bits per heavy atom. The number of carbonyl (C=O) groups is 1. The van der Waals surface area contributed by atoms with E-state index in [1.54, 1.807) is 6.07 Å². The van der Waals surface area contributed by atoms with Crippen LogP contribution in [0.4, 0.5) is 0 Å². The van der Waals surface area contributed by atoms with Crippen molar-refractivity contribution in [1.29, 1.82) is 0 Å². The molecule has 1 aromatic carbocycles. The van der Waals surface area contributed by atoms with Crippen LogP contribution >= 0.6 is 0 Å². The number of benzene rings is 1. The summed E-state index contributed by atoms with van der Waals surface area (Å²) in [5.74, 6) is 0.905. The molecule has 1 N–H and O–H groups in total. The first-order valence-corrected chi connectivity index (χ1v) is 13.9. The zero-order valence-corrected chi connectivity index (χ0v) is 22.3. The summed E-state index contributed by atoms with van der Waals surface area (Å²) in [4.78, 5) is 14.2. The highest BCUT2D eigenvalue weighted by molar-refractivity contribution is 5.75. The predicted octanol–water partition coefficient (Wildman–Crippen LogP) is 8.22. The first-order chi connectivity index (χ1) is 16.6. The van der Waals surface area contributed by atoms with Crippen LogP contribution < -0.4 is 4.74 Å². The number of unbranched alkanes of at least 4 members (excludes halogenated alkanes) is 11. The average molecular weight is 474 g/mol. The highest BCUT2D eigenvalue weighted by Gasteiger charge is 2.09. The zero-order chi connectivity index (χ0) is 24.9. The van der Waals surface area contributed by atoms with Crippen molar-refractivity contribution in [2.24, 2.45) is 0 Å². The van der Waals surface area contributed by atoms with Crippen LogP contribution in [0.1, 0.15) is 116 Å². The molecule has 0 atom stereocenters. The molecule has 0 spiro atoms. The lowest BCUT2D eigenvalue weighted by Crippen LogP contribution is -2.28. The normalized spacial score (nSPS) is 11.3. The summed E-state index contributed by atoms with van der Waals surface area (Å²) in [6, 6.07) is 5.52. The molecular formula is C30H51NO3. The van der Waals surface area contributed by atoms with E-state index in [9.17, 15) is 9.90 Å². The van der Waals surface area contributed by atoms with Gasteiger partial charge in [0, 0.05) is 20.0 Å². The summed E-state index contributed by atoms with van der Waals surface area (Å²) < 4.78 is 5.51.